The Kier molecular flexibility index (Phi) is 11.5. The SMILES string of the molecule is CC(C)C(C(=O)O)(C(=O)O)C1CCCCC1.[H-].[H-].[K+].[Na+]. The minimum absolute atomic E-state index is 0. The first-order valence-electron chi connectivity index (χ1n) is 5.90. The van der Waals surface area contributed by atoms with Crippen LogP contribution in [-0.2, 0) is 9.59 Å². The molecule has 0 aliphatic heterocycles. The fourth-order valence-corrected chi connectivity index (χ4v) is 2.96. The van der Waals surface area contributed by atoms with Crippen LogP contribution in [0.4, 0.5) is 0 Å². The monoisotopic (exact) mass is 292 g/mol. The van der Waals surface area contributed by atoms with Gasteiger partial charge in [0.25, 0.3) is 0 Å². The molecule has 0 saturated heterocycles. The molecular weight excluding hydrogens is 270 g/mol. The van der Waals surface area contributed by atoms with Gasteiger partial charge in [-0.05, 0) is 24.7 Å². The minimum Gasteiger partial charge on any atom is -1.00 e. The maximum atomic E-state index is 11.4. The van der Waals surface area contributed by atoms with Gasteiger partial charge in [-0.25, -0.2) is 0 Å². The average molecular weight is 292 g/mol. The summed E-state index contributed by atoms with van der Waals surface area (Å²) in [5.41, 5.74) is -1.60. The molecule has 4 nitrogen and oxygen atoms in total. The third-order valence-corrected chi connectivity index (χ3v) is 3.87. The zero-order valence-corrected chi connectivity index (χ0v) is 17.0. The van der Waals surface area contributed by atoms with E-state index >= 15 is 0 Å². The summed E-state index contributed by atoms with van der Waals surface area (Å²) in [6.45, 7) is 3.38. The molecule has 0 aromatic rings. The predicted octanol–water partition coefficient (Wildman–Crippen LogP) is -3.39. The Bertz CT molecular complexity index is 283. The minimum atomic E-state index is -1.60. The van der Waals surface area contributed by atoms with Crippen LogP contribution < -0.4 is 80.9 Å². The van der Waals surface area contributed by atoms with Crippen LogP contribution in [0.3, 0.4) is 0 Å². The Balaban J connectivity index is -0.000000320. The molecule has 0 radical (unpaired) electrons. The van der Waals surface area contributed by atoms with Crippen molar-refractivity contribution in [2.45, 2.75) is 46.0 Å². The molecule has 1 fully saturated rings. The summed E-state index contributed by atoms with van der Waals surface area (Å²) in [6, 6.07) is 0. The molecule has 2 N–H and O–H groups in total. The van der Waals surface area contributed by atoms with E-state index in [4.69, 9.17) is 0 Å². The summed E-state index contributed by atoms with van der Waals surface area (Å²) in [7, 11) is 0. The summed E-state index contributed by atoms with van der Waals surface area (Å²) >= 11 is 0. The molecule has 1 aliphatic carbocycles. The maximum Gasteiger partial charge on any atom is 1.00 e. The first-order chi connectivity index (χ1) is 7.44. The third-order valence-electron chi connectivity index (χ3n) is 3.87. The normalized spacial score (nSPS) is 16.6. The largest absolute Gasteiger partial charge is 1.00 e. The molecule has 0 heterocycles. The summed E-state index contributed by atoms with van der Waals surface area (Å²) in [4.78, 5) is 22.8. The van der Waals surface area contributed by atoms with Crippen LogP contribution >= 0.6 is 0 Å². The van der Waals surface area contributed by atoms with Gasteiger partial charge in [-0.15, -0.1) is 0 Å². The quantitative estimate of drug-likeness (QED) is 0.419. The summed E-state index contributed by atoms with van der Waals surface area (Å²) in [6.07, 6.45) is 4.41. The summed E-state index contributed by atoms with van der Waals surface area (Å²) in [5.74, 6) is -2.97. The van der Waals surface area contributed by atoms with Crippen LogP contribution in [0, 0.1) is 17.3 Å². The second-order valence-corrected chi connectivity index (χ2v) is 4.97. The smallest absolute Gasteiger partial charge is 1.00 e. The standard InChI is InChI=1S/C12H20O4.K.Na.2H/c1-8(2)12(10(13)14,11(15)16)9-6-4-3-5-7-9;;;;/h8-9H,3-7H2,1-2H3,(H,13,14)(H,15,16);;;;/q;2*+1;2*-1. The van der Waals surface area contributed by atoms with Crippen LogP contribution in [0.2, 0.25) is 0 Å². The van der Waals surface area contributed by atoms with Crippen molar-refractivity contribution in [2.75, 3.05) is 0 Å². The van der Waals surface area contributed by atoms with Crippen molar-refractivity contribution in [1.29, 1.82) is 0 Å². The molecule has 18 heavy (non-hydrogen) atoms. The van der Waals surface area contributed by atoms with Crippen LogP contribution in [-0.4, -0.2) is 22.2 Å². The van der Waals surface area contributed by atoms with E-state index in [9.17, 15) is 19.8 Å². The van der Waals surface area contributed by atoms with Gasteiger partial charge >= 0.3 is 92.9 Å². The molecule has 0 bridgehead atoms. The van der Waals surface area contributed by atoms with Gasteiger partial charge in [0.1, 0.15) is 0 Å². The van der Waals surface area contributed by atoms with E-state index in [-0.39, 0.29) is 95.6 Å². The zero-order valence-electron chi connectivity index (χ0n) is 13.9. The second-order valence-electron chi connectivity index (χ2n) is 4.97. The summed E-state index contributed by atoms with van der Waals surface area (Å²) in [5, 5.41) is 18.7. The number of carboxylic acid groups (broad SMARTS) is 2. The molecule has 1 aliphatic rings. The van der Waals surface area contributed by atoms with Crippen molar-refractivity contribution >= 4 is 11.9 Å². The van der Waals surface area contributed by atoms with E-state index in [0.717, 1.165) is 32.1 Å². The van der Waals surface area contributed by atoms with Crippen molar-refractivity contribution in [1.82, 2.24) is 0 Å². The van der Waals surface area contributed by atoms with E-state index in [1.165, 1.54) is 0 Å². The summed E-state index contributed by atoms with van der Waals surface area (Å²) < 4.78 is 0. The molecule has 0 aromatic carbocycles. The van der Waals surface area contributed by atoms with Gasteiger partial charge < -0.3 is 13.1 Å². The van der Waals surface area contributed by atoms with Gasteiger partial charge in [-0.1, -0.05) is 33.1 Å². The Morgan fingerprint density at radius 3 is 1.78 bits per heavy atom. The van der Waals surface area contributed by atoms with Gasteiger partial charge in [0.05, 0.1) is 0 Å². The zero-order chi connectivity index (χ0) is 12.3. The molecular formula is C12H22KNaO4. The van der Waals surface area contributed by atoms with Gasteiger partial charge in [-0.3, -0.25) is 9.59 Å². The Morgan fingerprint density at radius 2 is 1.50 bits per heavy atom. The number of aliphatic carboxylic acids is 2. The number of rotatable bonds is 4. The topological polar surface area (TPSA) is 74.6 Å². The van der Waals surface area contributed by atoms with Crippen molar-refractivity contribution in [3.05, 3.63) is 0 Å². The van der Waals surface area contributed by atoms with E-state index in [0.29, 0.717) is 0 Å². The van der Waals surface area contributed by atoms with Crippen molar-refractivity contribution < 1.29 is 104 Å². The molecule has 0 amide bonds. The fourth-order valence-electron chi connectivity index (χ4n) is 2.96. The first-order valence-corrected chi connectivity index (χ1v) is 5.90. The number of hydrogen-bond donors (Lipinski definition) is 2. The molecule has 6 heteroatoms. The van der Waals surface area contributed by atoms with Crippen molar-refractivity contribution in [2.24, 2.45) is 17.3 Å². The number of hydrogen-bond acceptors (Lipinski definition) is 2. The average Bonchev–Trinajstić information content (AvgIpc) is 2.18. The Hall–Kier alpha value is 1.58. The van der Waals surface area contributed by atoms with Crippen LogP contribution in [0.1, 0.15) is 48.8 Å². The van der Waals surface area contributed by atoms with Crippen LogP contribution in [0.15, 0.2) is 0 Å². The van der Waals surface area contributed by atoms with E-state index in [2.05, 4.69) is 0 Å². The fraction of sp³-hybridized carbons (Fsp3) is 0.833. The van der Waals surface area contributed by atoms with Crippen molar-refractivity contribution in [3.8, 4) is 0 Å². The van der Waals surface area contributed by atoms with E-state index < -0.39 is 17.4 Å². The number of carbonyl (C=O) groups is 2. The molecule has 96 valence electrons. The molecule has 1 rings (SSSR count). The maximum absolute atomic E-state index is 11.4. The van der Waals surface area contributed by atoms with Crippen LogP contribution in [0.5, 0.6) is 0 Å². The van der Waals surface area contributed by atoms with Crippen molar-refractivity contribution in [3.63, 3.8) is 0 Å². The number of carboxylic acids is 2. The van der Waals surface area contributed by atoms with Gasteiger partial charge in [0.2, 0.25) is 0 Å². The first kappa shape index (κ1) is 21.9. The third kappa shape index (κ3) is 4.28. The van der Waals surface area contributed by atoms with E-state index in [1.807, 2.05) is 0 Å². The van der Waals surface area contributed by atoms with Crippen LogP contribution in [0.25, 0.3) is 0 Å². The van der Waals surface area contributed by atoms with Gasteiger partial charge in [0, 0.05) is 0 Å². The molecule has 0 atom stereocenters. The van der Waals surface area contributed by atoms with Gasteiger partial charge in [-0.2, -0.15) is 0 Å². The molecule has 0 aromatic heterocycles. The molecule has 1 saturated carbocycles. The Labute approximate surface area is 176 Å². The predicted molar refractivity (Wildman–Crippen MR) is 61.3 cm³/mol. The van der Waals surface area contributed by atoms with Gasteiger partial charge in [0.15, 0.2) is 5.41 Å². The molecule has 0 spiro atoms. The van der Waals surface area contributed by atoms with E-state index in [1.54, 1.807) is 13.8 Å². The molecule has 0 unspecified atom stereocenters. The second kappa shape index (κ2) is 9.50. The Morgan fingerprint density at radius 1 is 1.11 bits per heavy atom.